The Morgan fingerprint density at radius 3 is 2.44 bits per heavy atom. The number of para-hydroxylation sites is 1. The van der Waals surface area contributed by atoms with E-state index in [0.717, 1.165) is 4.90 Å². The monoisotopic (exact) mass is 385 g/mol. The van der Waals surface area contributed by atoms with Crippen LogP contribution in [-0.4, -0.2) is 54.1 Å². The van der Waals surface area contributed by atoms with Crippen molar-refractivity contribution in [2.24, 2.45) is 0 Å². The van der Waals surface area contributed by atoms with Crippen molar-refractivity contribution >= 4 is 40.9 Å². The van der Waals surface area contributed by atoms with E-state index in [9.17, 15) is 19.2 Å². The van der Waals surface area contributed by atoms with E-state index in [1.807, 2.05) is 0 Å². The number of rotatable bonds is 4. The van der Waals surface area contributed by atoms with Gasteiger partial charge in [0.1, 0.15) is 0 Å². The zero-order chi connectivity index (χ0) is 19.7. The Morgan fingerprint density at radius 2 is 1.74 bits per heavy atom. The molecule has 27 heavy (non-hydrogen) atoms. The second-order valence-corrected chi connectivity index (χ2v) is 6.53. The molecule has 0 fully saturated rings. The van der Waals surface area contributed by atoms with Crippen LogP contribution in [0.15, 0.2) is 42.5 Å². The third kappa shape index (κ3) is 3.54. The van der Waals surface area contributed by atoms with E-state index in [2.05, 4.69) is 5.32 Å². The fraction of sp³-hybridized carbons (Fsp3) is 0.158. The summed E-state index contributed by atoms with van der Waals surface area (Å²) >= 11 is 6.00. The maximum Gasteiger partial charge on any atom is 0.261 e. The standard InChI is InChI=1S/C19H16ClN3O4/c1-22(10-16(24)21-15-6-4-3-5-14(15)20)17(25)11-7-8-12-13(9-11)19(27)23(2)18(12)26/h3-9H,10H2,1-2H3,(H,21,24). The highest BCUT2D eigenvalue weighted by Crippen LogP contribution is 2.23. The van der Waals surface area contributed by atoms with Crippen molar-refractivity contribution in [2.75, 3.05) is 26.0 Å². The molecule has 2 aromatic rings. The van der Waals surface area contributed by atoms with Gasteiger partial charge in [0.05, 0.1) is 28.4 Å². The zero-order valence-corrected chi connectivity index (χ0v) is 15.4. The van der Waals surface area contributed by atoms with Crippen LogP contribution in [-0.2, 0) is 4.79 Å². The number of imide groups is 1. The van der Waals surface area contributed by atoms with E-state index in [0.29, 0.717) is 10.7 Å². The minimum Gasteiger partial charge on any atom is -0.332 e. The van der Waals surface area contributed by atoms with Gasteiger partial charge in [-0.25, -0.2) is 0 Å². The lowest BCUT2D eigenvalue weighted by Gasteiger charge is -2.17. The summed E-state index contributed by atoms with van der Waals surface area (Å²) in [6, 6.07) is 11.1. The number of amides is 4. The molecular weight excluding hydrogens is 370 g/mol. The fourth-order valence-corrected chi connectivity index (χ4v) is 2.94. The number of likely N-dealkylation sites (N-methyl/N-ethyl adjacent to an activating group) is 1. The van der Waals surface area contributed by atoms with Gasteiger partial charge in [0.15, 0.2) is 0 Å². The van der Waals surface area contributed by atoms with Crippen LogP contribution in [0.4, 0.5) is 5.69 Å². The molecule has 0 unspecified atom stereocenters. The van der Waals surface area contributed by atoms with Crippen molar-refractivity contribution < 1.29 is 19.2 Å². The van der Waals surface area contributed by atoms with Crippen LogP contribution in [0.25, 0.3) is 0 Å². The topological polar surface area (TPSA) is 86.8 Å². The average molecular weight is 386 g/mol. The van der Waals surface area contributed by atoms with Crippen LogP contribution in [0.5, 0.6) is 0 Å². The van der Waals surface area contributed by atoms with E-state index in [1.165, 1.54) is 37.2 Å². The first-order valence-corrected chi connectivity index (χ1v) is 8.43. The van der Waals surface area contributed by atoms with Gasteiger partial charge < -0.3 is 10.2 Å². The number of carbonyl (C=O) groups is 4. The molecule has 1 aliphatic rings. The first-order valence-electron chi connectivity index (χ1n) is 8.06. The Morgan fingerprint density at radius 1 is 1.07 bits per heavy atom. The second kappa shape index (κ2) is 7.20. The normalized spacial score (nSPS) is 12.8. The van der Waals surface area contributed by atoms with Crippen molar-refractivity contribution in [1.29, 1.82) is 0 Å². The third-order valence-electron chi connectivity index (χ3n) is 4.21. The van der Waals surface area contributed by atoms with Crippen molar-refractivity contribution in [3.8, 4) is 0 Å². The van der Waals surface area contributed by atoms with Gasteiger partial charge in [0.2, 0.25) is 5.91 Å². The molecule has 7 nitrogen and oxygen atoms in total. The molecule has 0 aliphatic carbocycles. The fourth-order valence-electron chi connectivity index (χ4n) is 2.75. The smallest absolute Gasteiger partial charge is 0.261 e. The number of hydrogen-bond acceptors (Lipinski definition) is 4. The van der Waals surface area contributed by atoms with E-state index >= 15 is 0 Å². The van der Waals surface area contributed by atoms with Crippen LogP contribution in [0.1, 0.15) is 31.1 Å². The Balaban J connectivity index is 1.71. The molecule has 0 aromatic heterocycles. The van der Waals surface area contributed by atoms with Gasteiger partial charge in [-0.05, 0) is 30.3 Å². The molecular formula is C19H16ClN3O4. The minimum atomic E-state index is -0.455. The first-order chi connectivity index (χ1) is 12.8. The van der Waals surface area contributed by atoms with E-state index in [-0.39, 0.29) is 23.2 Å². The molecule has 0 saturated heterocycles. The predicted molar refractivity (Wildman–Crippen MR) is 99.9 cm³/mol. The molecule has 0 saturated carbocycles. The maximum absolute atomic E-state index is 12.6. The Kier molecular flexibility index (Phi) is 4.96. The van der Waals surface area contributed by atoms with Crippen LogP contribution < -0.4 is 5.32 Å². The number of nitrogens with one attached hydrogen (secondary N) is 1. The van der Waals surface area contributed by atoms with Crippen LogP contribution in [0.3, 0.4) is 0 Å². The summed E-state index contributed by atoms with van der Waals surface area (Å²) in [5, 5.41) is 3.03. The van der Waals surface area contributed by atoms with Crippen molar-refractivity contribution in [3.05, 3.63) is 64.2 Å². The highest BCUT2D eigenvalue weighted by atomic mass is 35.5. The molecule has 0 bridgehead atoms. The van der Waals surface area contributed by atoms with E-state index in [4.69, 9.17) is 11.6 Å². The van der Waals surface area contributed by atoms with E-state index in [1.54, 1.807) is 24.3 Å². The molecule has 1 aliphatic heterocycles. The van der Waals surface area contributed by atoms with E-state index < -0.39 is 23.6 Å². The Bertz CT molecular complexity index is 973. The number of fused-ring (bicyclic) bond motifs is 1. The van der Waals surface area contributed by atoms with Crippen molar-refractivity contribution in [1.82, 2.24) is 9.80 Å². The van der Waals surface area contributed by atoms with Crippen LogP contribution in [0, 0.1) is 0 Å². The predicted octanol–water partition coefficient (Wildman–Crippen LogP) is 2.28. The number of nitrogens with zero attached hydrogens (tertiary/aromatic N) is 2. The van der Waals surface area contributed by atoms with Gasteiger partial charge in [-0.3, -0.25) is 24.1 Å². The molecule has 0 atom stereocenters. The molecule has 3 rings (SSSR count). The summed E-state index contributed by atoms with van der Waals surface area (Å²) in [6.07, 6.45) is 0. The Labute approximate surface area is 160 Å². The van der Waals surface area contributed by atoms with Crippen LogP contribution >= 0.6 is 11.6 Å². The minimum absolute atomic E-state index is 0.183. The first kappa shape index (κ1) is 18.6. The molecule has 1 heterocycles. The molecule has 2 aromatic carbocycles. The molecule has 0 spiro atoms. The lowest BCUT2D eigenvalue weighted by atomic mass is 10.0. The van der Waals surface area contributed by atoms with Gasteiger partial charge in [-0.2, -0.15) is 0 Å². The van der Waals surface area contributed by atoms with Crippen LogP contribution in [0.2, 0.25) is 5.02 Å². The molecule has 138 valence electrons. The summed E-state index contributed by atoms with van der Waals surface area (Å²) in [6.45, 7) is -0.200. The summed E-state index contributed by atoms with van der Waals surface area (Å²) in [4.78, 5) is 50.9. The highest BCUT2D eigenvalue weighted by molar-refractivity contribution is 6.33. The number of anilines is 1. The van der Waals surface area contributed by atoms with Gasteiger partial charge in [-0.1, -0.05) is 23.7 Å². The van der Waals surface area contributed by atoms with Crippen molar-refractivity contribution in [3.63, 3.8) is 0 Å². The van der Waals surface area contributed by atoms with Gasteiger partial charge >= 0.3 is 0 Å². The molecule has 0 radical (unpaired) electrons. The van der Waals surface area contributed by atoms with Gasteiger partial charge in [0.25, 0.3) is 17.7 Å². The lowest BCUT2D eigenvalue weighted by molar-refractivity contribution is -0.116. The largest absolute Gasteiger partial charge is 0.332 e. The quantitative estimate of drug-likeness (QED) is 0.818. The molecule has 4 amide bonds. The lowest BCUT2D eigenvalue weighted by Crippen LogP contribution is -2.35. The van der Waals surface area contributed by atoms with Crippen molar-refractivity contribution in [2.45, 2.75) is 0 Å². The number of hydrogen-bond donors (Lipinski definition) is 1. The highest BCUT2D eigenvalue weighted by Gasteiger charge is 2.33. The summed E-state index contributed by atoms with van der Waals surface area (Å²) in [5.74, 6) is -1.71. The number of benzene rings is 2. The second-order valence-electron chi connectivity index (χ2n) is 6.12. The summed E-state index contributed by atoms with van der Waals surface area (Å²) in [7, 11) is 2.86. The Hall–Kier alpha value is -3.19. The molecule has 8 heteroatoms. The molecule has 1 N–H and O–H groups in total. The summed E-state index contributed by atoms with van der Waals surface area (Å²) in [5.41, 5.74) is 1.12. The van der Waals surface area contributed by atoms with Gasteiger partial charge in [0, 0.05) is 19.7 Å². The SMILES string of the molecule is CN(CC(=O)Nc1ccccc1Cl)C(=O)c1ccc2c(c1)C(=O)N(C)C2=O. The number of halogens is 1. The number of carbonyl (C=O) groups excluding carboxylic acids is 4. The summed E-state index contributed by atoms with van der Waals surface area (Å²) < 4.78 is 0. The zero-order valence-electron chi connectivity index (χ0n) is 14.7. The third-order valence-corrected chi connectivity index (χ3v) is 4.54. The average Bonchev–Trinajstić information content (AvgIpc) is 2.87. The van der Waals surface area contributed by atoms with Gasteiger partial charge in [-0.15, -0.1) is 0 Å². The maximum atomic E-state index is 12.6.